The summed E-state index contributed by atoms with van der Waals surface area (Å²) in [4.78, 5) is 31.8. The van der Waals surface area contributed by atoms with Crippen LogP contribution >= 0.6 is 0 Å². The van der Waals surface area contributed by atoms with Gasteiger partial charge in [0.05, 0.1) is 10.5 Å². The minimum atomic E-state index is -3.71. The maximum atomic E-state index is 13.2. The van der Waals surface area contributed by atoms with E-state index in [1.54, 1.807) is 20.8 Å². The fourth-order valence-electron chi connectivity index (χ4n) is 4.02. The summed E-state index contributed by atoms with van der Waals surface area (Å²) in [5.41, 5.74) is -0.0789. The molecule has 1 aromatic carbocycles. The first-order valence-corrected chi connectivity index (χ1v) is 13.4. The van der Waals surface area contributed by atoms with Gasteiger partial charge in [-0.05, 0) is 102 Å². The summed E-state index contributed by atoms with van der Waals surface area (Å²) in [6.45, 7) is 7.07. The maximum absolute atomic E-state index is 13.2. The molecule has 0 spiro atoms. The van der Waals surface area contributed by atoms with Crippen molar-refractivity contribution in [2.45, 2.75) is 56.5 Å². The Bertz CT molecular complexity index is 1160. The molecule has 36 heavy (non-hydrogen) atoms. The Kier molecular flexibility index (Phi) is 8.80. The zero-order valence-electron chi connectivity index (χ0n) is 21.0. The van der Waals surface area contributed by atoms with Crippen LogP contribution in [-0.4, -0.2) is 61.8 Å². The number of nitrogens with zero attached hydrogens (tertiary/aromatic N) is 2. The number of amides is 2. The smallest absolute Gasteiger partial charge is 0.253 e. The van der Waals surface area contributed by atoms with E-state index in [2.05, 4.69) is 25.2 Å². The summed E-state index contributed by atoms with van der Waals surface area (Å²) in [6, 6.07) is 7.41. The average molecular weight is 520 g/mol. The lowest BCUT2D eigenvalue weighted by atomic mass is 9.90. The van der Waals surface area contributed by atoms with Crippen molar-refractivity contribution in [1.29, 1.82) is 0 Å². The number of nitrogens with one attached hydrogen (secondary N) is 3. The third-order valence-corrected chi connectivity index (χ3v) is 7.67. The van der Waals surface area contributed by atoms with Crippen LogP contribution in [0, 0.1) is 11.9 Å². The topological polar surface area (TPSA) is 120 Å². The van der Waals surface area contributed by atoms with Crippen LogP contribution in [-0.2, 0) is 14.8 Å². The van der Waals surface area contributed by atoms with Crippen LogP contribution in [0.3, 0.4) is 0 Å². The highest BCUT2D eigenvalue weighted by Gasteiger charge is 2.28. The Labute approximate surface area is 211 Å². The summed E-state index contributed by atoms with van der Waals surface area (Å²) in [6.07, 6.45) is 3.38. The molecule has 11 heteroatoms. The minimum Gasteiger partial charge on any atom is -0.340 e. The Balaban J connectivity index is 1.73. The number of halogens is 1. The highest BCUT2D eigenvalue weighted by molar-refractivity contribution is 7.89. The van der Waals surface area contributed by atoms with Gasteiger partial charge in [-0.25, -0.2) is 18.1 Å². The van der Waals surface area contributed by atoms with E-state index in [4.69, 9.17) is 0 Å². The van der Waals surface area contributed by atoms with Gasteiger partial charge in [-0.15, -0.1) is 0 Å². The Morgan fingerprint density at radius 1 is 1.11 bits per heavy atom. The molecule has 1 aliphatic heterocycles. The largest absolute Gasteiger partial charge is 0.340 e. The Hall–Kier alpha value is -2.89. The van der Waals surface area contributed by atoms with Gasteiger partial charge in [0.25, 0.3) is 5.91 Å². The van der Waals surface area contributed by atoms with Gasteiger partial charge >= 0.3 is 0 Å². The van der Waals surface area contributed by atoms with Crippen molar-refractivity contribution in [3.05, 3.63) is 54.1 Å². The number of hydrogen-bond acceptors (Lipinski definition) is 6. The van der Waals surface area contributed by atoms with Crippen molar-refractivity contribution in [3.63, 3.8) is 0 Å². The molecule has 9 nitrogen and oxygen atoms in total. The molecule has 0 radical (unpaired) electrons. The van der Waals surface area contributed by atoms with Gasteiger partial charge in [0, 0.05) is 17.4 Å². The molecule has 1 fully saturated rings. The van der Waals surface area contributed by atoms with Gasteiger partial charge in [-0.2, -0.15) is 4.39 Å². The number of pyridine rings is 1. The van der Waals surface area contributed by atoms with E-state index in [1.807, 2.05) is 7.05 Å². The number of anilines is 1. The second-order valence-electron chi connectivity index (χ2n) is 10.2. The molecule has 2 amide bonds. The van der Waals surface area contributed by atoms with E-state index >= 15 is 0 Å². The average Bonchev–Trinajstić information content (AvgIpc) is 2.79. The number of likely N-dealkylation sites (tertiary alicyclic amines) is 1. The number of rotatable bonds is 8. The number of hydrogen-bond donors (Lipinski definition) is 3. The summed E-state index contributed by atoms with van der Waals surface area (Å²) in [5.74, 6) is -1.39. The lowest BCUT2D eigenvalue weighted by Crippen LogP contribution is -2.46. The number of piperidine rings is 1. The molecule has 1 aliphatic rings. The molecule has 3 rings (SSSR count). The highest BCUT2D eigenvalue weighted by Crippen LogP contribution is 2.23. The van der Waals surface area contributed by atoms with Crippen LogP contribution in [0.15, 0.2) is 47.5 Å². The zero-order valence-corrected chi connectivity index (χ0v) is 21.9. The summed E-state index contributed by atoms with van der Waals surface area (Å²) >= 11 is 0. The van der Waals surface area contributed by atoms with Crippen LogP contribution in [0.1, 0.15) is 50.4 Å². The van der Waals surface area contributed by atoms with Crippen molar-refractivity contribution in [1.82, 2.24) is 19.9 Å². The molecule has 1 atom stereocenters. The fourth-order valence-corrected chi connectivity index (χ4v) is 5.44. The third-order valence-electron chi connectivity index (χ3n) is 5.89. The van der Waals surface area contributed by atoms with Gasteiger partial charge in [-0.3, -0.25) is 9.59 Å². The first-order chi connectivity index (χ1) is 16.8. The van der Waals surface area contributed by atoms with E-state index < -0.39 is 39.4 Å². The van der Waals surface area contributed by atoms with Crippen LogP contribution in [0.2, 0.25) is 0 Å². The molecular formula is C25H34FN5O4S. The minimum absolute atomic E-state index is 0.0791. The van der Waals surface area contributed by atoms with Crippen LogP contribution in [0.5, 0.6) is 0 Å². The Morgan fingerprint density at radius 2 is 1.75 bits per heavy atom. The second-order valence-corrected chi connectivity index (χ2v) is 11.9. The molecule has 1 saturated heterocycles. The zero-order chi connectivity index (χ0) is 26.5. The van der Waals surface area contributed by atoms with E-state index in [1.165, 1.54) is 30.3 Å². The first kappa shape index (κ1) is 27.7. The van der Waals surface area contributed by atoms with E-state index in [0.717, 1.165) is 38.2 Å². The predicted octanol–water partition coefficient (Wildman–Crippen LogP) is 2.77. The van der Waals surface area contributed by atoms with Crippen molar-refractivity contribution in [2.75, 3.05) is 25.5 Å². The van der Waals surface area contributed by atoms with Crippen LogP contribution in [0.25, 0.3) is 0 Å². The van der Waals surface area contributed by atoms with Gasteiger partial charge in [-0.1, -0.05) is 0 Å². The first-order valence-electron chi connectivity index (χ1n) is 11.9. The second kappa shape index (κ2) is 11.4. The fraction of sp³-hybridized carbons (Fsp3) is 0.480. The van der Waals surface area contributed by atoms with E-state index in [-0.39, 0.29) is 16.4 Å². The summed E-state index contributed by atoms with van der Waals surface area (Å²) in [7, 11) is -1.66. The monoisotopic (exact) mass is 519 g/mol. The number of benzene rings is 1. The van der Waals surface area contributed by atoms with Crippen molar-refractivity contribution >= 4 is 27.5 Å². The normalized spacial score (nSPS) is 16.4. The molecule has 3 N–H and O–H groups in total. The van der Waals surface area contributed by atoms with Gasteiger partial charge in [0.2, 0.25) is 21.9 Å². The van der Waals surface area contributed by atoms with Crippen molar-refractivity contribution in [3.8, 4) is 0 Å². The van der Waals surface area contributed by atoms with Gasteiger partial charge in [0.15, 0.2) is 0 Å². The molecular weight excluding hydrogens is 485 g/mol. The van der Waals surface area contributed by atoms with Crippen molar-refractivity contribution in [2.24, 2.45) is 5.92 Å². The molecule has 1 aromatic heterocycles. The number of carbonyl (C=O) groups is 2. The van der Waals surface area contributed by atoms with Crippen LogP contribution in [0.4, 0.5) is 10.1 Å². The molecule has 2 heterocycles. The van der Waals surface area contributed by atoms with E-state index in [0.29, 0.717) is 12.1 Å². The standard InChI is InChI=1S/C25H34FN5O4S/c1-25(2,3)30-36(34,35)20-8-6-19(7-9-20)28-24(33)21(15-17-11-13-31(4)14-12-17)29-23(32)18-5-10-22(26)27-16-18/h5-10,16-17,21,30H,11-15H2,1-4H3,(H,28,33)(H,29,32)/t21-/m0/s1. The quantitative estimate of drug-likeness (QED) is 0.462. The number of carbonyl (C=O) groups excluding carboxylic acids is 2. The molecule has 0 aliphatic carbocycles. The maximum Gasteiger partial charge on any atom is 0.253 e. The Morgan fingerprint density at radius 3 is 2.31 bits per heavy atom. The predicted molar refractivity (Wildman–Crippen MR) is 135 cm³/mol. The molecule has 0 bridgehead atoms. The SMILES string of the molecule is CN1CCC(C[C@H](NC(=O)c2ccc(F)nc2)C(=O)Nc2ccc(S(=O)(=O)NC(C)(C)C)cc2)CC1. The number of sulfonamides is 1. The van der Waals surface area contributed by atoms with Gasteiger partial charge in [0.1, 0.15) is 6.04 Å². The molecule has 196 valence electrons. The highest BCUT2D eigenvalue weighted by atomic mass is 32.2. The van der Waals surface area contributed by atoms with E-state index in [9.17, 15) is 22.4 Å². The third kappa shape index (κ3) is 8.07. The summed E-state index contributed by atoms with van der Waals surface area (Å²) < 4.78 is 40.8. The number of aromatic nitrogens is 1. The lowest BCUT2D eigenvalue weighted by Gasteiger charge is -2.31. The van der Waals surface area contributed by atoms with Crippen molar-refractivity contribution < 1.29 is 22.4 Å². The molecule has 2 aromatic rings. The van der Waals surface area contributed by atoms with Gasteiger partial charge < -0.3 is 15.5 Å². The van der Waals surface area contributed by atoms with Crippen LogP contribution < -0.4 is 15.4 Å². The molecule has 0 saturated carbocycles. The summed E-state index contributed by atoms with van der Waals surface area (Å²) in [5, 5.41) is 5.54. The molecule has 0 unspecified atom stereocenters. The lowest BCUT2D eigenvalue weighted by molar-refractivity contribution is -0.118.